The Morgan fingerprint density at radius 3 is 2.79 bits per heavy atom. The van der Waals surface area contributed by atoms with E-state index in [-0.39, 0.29) is 0 Å². The number of fused-ring (bicyclic) bond motifs is 1. The first kappa shape index (κ1) is 16.8. The molecule has 0 atom stereocenters. The Balaban J connectivity index is 1.37. The van der Waals surface area contributed by atoms with Gasteiger partial charge in [0, 0.05) is 26.6 Å². The Hall–Kier alpha value is -2.01. The molecule has 130 valence electrons. The molecule has 5 nitrogen and oxygen atoms in total. The van der Waals surface area contributed by atoms with Crippen LogP contribution in [0.2, 0.25) is 0 Å². The summed E-state index contributed by atoms with van der Waals surface area (Å²) in [5.41, 5.74) is 4.15. The van der Waals surface area contributed by atoms with Crippen molar-refractivity contribution in [1.29, 1.82) is 0 Å². The number of hydrogen-bond donors (Lipinski definition) is 2. The molecule has 0 amide bonds. The van der Waals surface area contributed by atoms with E-state index in [9.17, 15) is 0 Å². The first-order chi connectivity index (χ1) is 11.8. The molecule has 3 rings (SSSR count). The van der Waals surface area contributed by atoms with Crippen molar-refractivity contribution in [3.8, 4) is 5.75 Å². The molecule has 0 unspecified atom stereocenters. The average molecular weight is 329 g/mol. The summed E-state index contributed by atoms with van der Waals surface area (Å²) in [6.07, 6.45) is 6.31. The number of rotatable bonds is 6. The second kappa shape index (κ2) is 8.73. The van der Waals surface area contributed by atoms with Crippen LogP contribution in [-0.4, -0.2) is 45.9 Å². The van der Waals surface area contributed by atoms with Gasteiger partial charge in [0.25, 0.3) is 0 Å². The second-order valence-corrected chi connectivity index (χ2v) is 6.15. The number of nitrogens with one attached hydrogen (secondary N) is 2. The number of guanidine groups is 1. The summed E-state index contributed by atoms with van der Waals surface area (Å²) in [4.78, 5) is 4.29. The van der Waals surface area contributed by atoms with Gasteiger partial charge < -0.3 is 20.1 Å². The van der Waals surface area contributed by atoms with Crippen LogP contribution in [0.25, 0.3) is 0 Å². The van der Waals surface area contributed by atoms with Gasteiger partial charge in [-0.1, -0.05) is 23.8 Å². The minimum Gasteiger partial charge on any atom is -0.493 e. The molecule has 0 radical (unpaired) electrons. The van der Waals surface area contributed by atoms with E-state index in [0.29, 0.717) is 0 Å². The summed E-state index contributed by atoms with van der Waals surface area (Å²) in [6, 6.07) is 6.50. The first-order valence-electron chi connectivity index (χ1n) is 8.80. The summed E-state index contributed by atoms with van der Waals surface area (Å²) in [5, 5.41) is 6.77. The molecular formula is C19H27N3O2. The highest BCUT2D eigenvalue weighted by Crippen LogP contribution is 2.25. The van der Waals surface area contributed by atoms with Crippen LogP contribution in [0.4, 0.5) is 0 Å². The third-order valence-electron chi connectivity index (χ3n) is 4.48. The second-order valence-electron chi connectivity index (χ2n) is 6.15. The van der Waals surface area contributed by atoms with Crippen molar-refractivity contribution in [2.75, 3.05) is 40.0 Å². The Morgan fingerprint density at radius 1 is 1.12 bits per heavy atom. The van der Waals surface area contributed by atoms with Crippen molar-refractivity contribution in [1.82, 2.24) is 10.6 Å². The van der Waals surface area contributed by atoms with Crippen LogP contribution in [0, 0.1) is 0 Å². The van der Waals surface area contributed by atoms with E-state index in [1.165, 1.54) is 16.7 Å². The van der Waals surface area contributed by atoms with Crippen molar-refractivity contribution < 1.29 is 9.47 Å². The highest BCUT2D eigenvalue weighted by Gasteiger charge is 2.11. The third kappa shape index (κ3) is 4.74. The maximum absolute atomic E-state index is 5.55. The quantitative estimate of drug-likeness (QED) is 0.477. The molecule has 0 saturated carbocycles. The smallest absolute Gasteiger partial charge is 0.190 e. The van der Waals surface area contributed by atoms with Gasteiger partial charge in [-0.25, -0.2) is 0 Å². The molecule has 2 N–H and O–H groups in total. The maximum atomic E-state index is 5.55. The summed E-state index contributed by atoms with van der Waals surface area (Å²) in [7, 11) is 1.82. The molecule has 1 aromatic carbocycles. The van der Waals surface area contributed by atoms with Crippen LogP contribution in [0.5, 0.6) is 5.75 Å². The summed E-state index contributed by atoms with van der Waals surface area (Å²) in [6.45, 7) is 4.20. The summed E-state index contributed by atoms with van der Waals surface area (Å²) in [5.74, 6) is 1.92. The lowest BCUT2D eigenvalue weighted by atomic mass is 10.1. The lowest BCUT2D eigenvalue weighted by Crippen LogP contribution is -2.38. The normalized spacial score (nSPS) is 17.0. The van der Waals surface area contributed by atoms with Crippen molar-refractivity contribution in [3.63, 3.8) is 0 Å². The molecule has 0 fully saturated rings. The molecule has 0 spiro atoms. The predicted molar refractivity (Wildman–Crippen MR) is 96.8 cm³/mol. The Morgan fingerprint density at radius 2 is 2.00 bits per heavy atom. The Bertz CT molecular complexity index is 611. The van der Waals surface area contributed by atoms with Gasteiger partial charge in [-0.3, -0.25) is 4.99 Å². The van der Waals surface area contributed by atoms with Crippen molar-refractivity contribution in [2.24, 2.45) is 4.99 Å². The van der Waals surface area contributed by atoms with E-state index in [2.05, 4.69) is 39.9 Å². The fraction of sp³-hybridized carbons (Fsp3) is 0.526. The topological polar surface area (TPSA) is 54.9 Å². The van der Waals surface area contributed by atoms with Crippen LogP contribution >= 0.6 is 0 Å². The standard InChI is InChI=1S/C19H27N3O2/c1-20-19(21-9-4-15-6-11-23-12-7-15)22-10-5-16-2-3-18-17(14-16)8-13-24-18/h2-3,6,14H,4-5,7-13H2,1H3,(H2,20,21,22). The zero-order valence-electron chi connectivity index (χ0n) is 14.4. The molecular weight excluding hydrogens is 302 g/mol. The molecule has 2 aliphatic heterocycles. The average Bonchev–Trinajstić information content (AvgIpc) is 3.09. The van der Waals surface area contributed by atoms with Gasteiger partial charge in [0.15, 0.2) is 5.96 Å². The van der Waals surface area contributed by atoms with E-state index in [0.717, 1.165) is 70.3 Å². The number of benzene rings is 1. The predicted octanol–water partition coefficient (Wildman–Crippen LogP) is 2.07. The van der Waals surface area contributed by atoms with E-state index < -0.39 is 0 Å². The number of nitrogens with zero attached hydrogens (tertiary/aromatic N) is 1. The van der Waals surface area contributed by atoms with Crippen molar-refractivity contribution in [2.45, 2.75) is 25.7 Å². The lowest BCUT2D eigenvalue weighted by Gasteiger charge is -2.15. The molecule has 0 aliphatic carbocycles. The first-order valence-corrected chi connectivity index (χ1v) is 8.80. The minimum absolute atomic E-state index is 0.758. The van der Waals surface area contributed by atoms with E-state index in [4.69, 9.17) is 9.47 Å². The monoisotopic (exact) mass is 329 g/mol. The van der Waals surface area contributed by atoms with E-state index in [1.807, 2.05) is 7.05 Å². The highest BCUT2D eigenvalue weighted by atomic mass is 16.5. The van der Waals surface area contributed by atoms with Gasteiger partial charge in [-0.2, -0.15) is 0 Å². The van der Waals surface area contributed by atoms with Gasteiger partial charge in [-0.05, 0) is 36.5 Å². The number of hydrogen-bond acceptors (Lipinski definition) is 3. The van der Waals surface area contributed by atoms with Gasteiger partial charge in [0.05, 0.1) is 19.8 Å². The zero-order chi connectivity index (χ0) is 16.6. The third-order valence-corrected chi connectivity index (χ3v) is 4.48. The molecule has 0 aromatic heterocycles. The minimum atomic E-state index is 0.758. The van der Waals surface area contributed by atoms with Gasteiger partial charge >= 0.3 is 0 Å². The highest BCUT2D eigenvalue weighted by molar-refractivity contribution is 5.79. The van der Waals surface area contributed by atoms with Gasteiger partial charge in [0.1, 0.15) is 5.75 Å². The van der Waals surface area contributed by atoms with Crippen molar-refractivity contribution >= 4 is 5.96 Å². The Kier molecular flexibility index (Phi) is 6.13. The van der Waals surface area contributed by atoms with Gasteiger partial charge in [0.2, 0.25) is 0 Å². The lowest BCUT2D eigenvalue weighted by molar-refractivity contribution is 0.153. The zero-order valence-corrected chi connectivity index (χ0v) is 14.4. The summed E-state index contributed by atoms with van der Waals surface area (Å²) >= 11 is 0. The largest absolute Gasteiger partial charge is 0.493 e. The number of aliphatic imine (C=N–C) groups is 1. The molecule has 2 heterocycles. The van der Waals surface area contributed by atoms with E-state index >= 15 is 0 Å². The molecule has 0 bridgehead atoms. The molecule has 24 heavy (non-hydrogen) atoms. The molecule has 5 heteroatoms. The fourth-order valence-electron chi connectivity index (χ4n) is 3.08. The Labute approximate surface area is 144 Å². The van der Waals surface area contributed by atoms with Crippen LogP contribution in [0.1, 0.15) is 24.0 Å². The number of ether oxygens (including phenoxy) is 2. The van der Waals surface area contributed by atoms with Crippen LogP contribution in [0.15, 0.2) is 34.8 Å². The molecule has 0 saturated heterocycles. The van der Waals surface area contributed by atoms with Crippen molar-refractivity contribution in [3.05, 3.63) is 41.0 Å². The van der Waals surface area contributed by atoms with Crippen LogP contribution in [0.3, 0.4) is 0 Å². The van der Waals surface area contributed by atoms with Crippen LogP contribution in [-0.2, 0) is 17.6 Å². The SMILES string of the molecule is CN=C(NCCC1=CCOCC1)NCCc1ccc2c(c1)CCO2. The molecule has 2 aliphatic rings. The van der Waals surface area contributed by atoms with Gasteiger partial charge in [-0.15, -0.1) is 0 Å². The van der Waals surface area contributed by atoms with E-state index in [1.54, 1.807) is 0 Å². The van der Waals surface area contributed by atoms with Crippen LogP contribution < -0.4 is 15.4 Å². The summed E-state index contributed by atoms with van der Waals surface area (Å²) < 4.78 is 10.9. The fourth-order valence-corrected chi connectivity index (χ4v) is 3.08. The maximum Gasteiger partial charge on any atom is 0.190 e. The molecule has 1 aromatic rings.